The maximum Gasteiger partial charge on any atom is 0.258 e. The van der Waals surface area contributed by atoms with E-state index in [1.165, 1.54) is 0 Å². The van der Waals surface area contributed by atoms with Crippen molar-refractivity contribution in [3.05, 3.63) is 47.9 Å². The van der Waals surface area contributed by atoms with Gasteiger partial charge in [0.1, 0.15) is 17.3 Å². The Hall–Kier alpha value is -2.96. The van der Waals surface area contributed by atoms with Crippen molar-refractivity contribution in [1.29, 1.82) is 0 Å². The van der Waals surface area contributed by atoms with Gasteiger partial charge in [-0.2, -0.15) is 0 Å². The third kappa shape index (κ3) is 3.22. The molecule has 4 atom stereocenters. The van der Waals surface area contributed by atoms with E-state index in [0.717, 1.165) is 25.0 Å². The van der Waals surface area contributed by atoms with Crippen LogP contribution in [0.5, 0.6) is 11.5 Å². The molecule has 1 spiro atoms. The normalized spacial score (nSPS) is 29.1. The largest absolute Gasteiger partial charge is 0.497 e. The van der Waals surface area contributed by atoms with Crippen molar-refractivity contribution >= 4 is 11.8 Å². The van der Waals surface area contributed by atoms with Gasteiger partial charge in [0.15, 0.2) is 5.72 Å². The van der Waals surface area contributed by atoms with Crippen LogP contribution in [0.1, 0.15) is 41.8 Å². The molecule has 2 N–H and O–H groups in total. The van der Waals surface area contributed by atoms with E-state index in [4.69, 9.17) is 13.9 Å². The first-order valence-corrected chi connectivity index (χ1v) is 10.6. The van der Waals surface area contributed by atoms with E-state index in [2.05, 4.69) is 10.6 Å². The van der Waals surface area contributed by atoms with E-state index < -0.39 is 5.72 Å². The van der Waals surface area contributed by atoms with Crippen molar-refractivity contribution in [3.63, 3.8) is 0 Å². The minimum Gasteiger partial charge on any atom is -0.497 e. The molecule has 158 valence electrons. The summed E-state index contributed by atoms with van der Waals surface area (Å²) in [7, 11) is 1.60. The first kappa shape index (κ1) is 19.0. The molecule has 1 aliphatic heterocycles. The second-order valence-electron chi connectivity index (χ2n) is 8.51. The maximum absolute atomic E-state index is 12.8. The number of hydrogen-bond acceptors (Lipinski definition) is 5. The van der Waals surface area contributed by atoms with Crippen LogP contribution in [0.25, 0.3) is 0 Å². The van der Waals surface area contributed by atoms with Crippen LogP contribution in [0.15, 0.2) is 41.0 Å². The Morgan fingerprint density at radius 3 is 2.97 bits per heavy atom. The summed E-state index contributed by atoms with van der Waals surface area (Å²) in [5.41, 5.74) is -0.209. The molecule has 7 nitrogen and oxygen atoms in total. The molecule has 3 fully saturated rings. The average molecular weight is 410 g/mol. The third-order valence-electron chi connectivity index (χ3n) is 6.86. The fraction of sp³-hybridized carbons (Fsp3) is 0.478. The van der Waals surface area contributed by atoms with E-state index in [9.17, 15) is 9.59 Å². The molecular weight excluding hydrogens is 384 g/mol. The van der Waals surface area contributed by atoms with Gasteiger partial charge < -0.3 is 24.5 Å². The second kappa shape index (κ2) is 7.38. The highest BCUT2D eigenvalue weighted by Crippen LogP contribution is 2.52. The van der Waals surface area contributed by atoms with E-state index in [1.807, 2.05) is 12.1 Å². The van der Waals surface area contributed by atoms with E-state index in [-0.39, 0.29) is 29.6 Å². The SMILES string of the molecule is COc1ccc2c(c1)O[C@]1(C[C@H]3CC[C@@H]1C[C@@H]3C(=O)NCCc1ccco1)NC2=O. The van der Waals surface area contributed by atoms with Crippen LogP contribution < -0.4 is 20.1 Å². The zero-order chi connectivity index (χ0) is 20.7. The van der Waals surface area contributed by atoms with E-state index >= 15 is 0 Å². The van der Waals surface area contributed by atoms with Gasteiger partial charge in [0.05, 0.1) is 18.9 Å². The number of benzene rings is 1. The standard InChI is InChI=1S/C23H26N2O5/c1-28-17-6-7-18-20(12-17)30-23(25-22(18)27)13-14-4-5-15(23)11-19(14)21(26)24-9-8-16-3-2-10-29-16/h2-3,6-7,10,12,14-15,19H,4-5,8-9,11,13H2,1H3,(H,24,26)(H,25,27)/t14-,15-,19+,23+/m1/s1. The van der Waals surface area contributed by atoms with E-state index in [0.29, 0.717) is 36.4 Å². The molecular formula is C23H26N2O5. The van der Waals surface area contributed by atoms with Gasteiger partial charge in [0.2, 0.25) is 5.91 Å². The maximum atomic E-state index is 12.8. The smallest absolute Gasteiger partial charge is 0.258 e. The average Bonchev–Trinajstić information content (AvgIpc) is 3.27. The van der Waals surface area contributed by atoms with Crippen LogP contribution in [0.3, 0.4) is 0 Å². The van der Waals surface area contributed by atoms with Crippen molar-refractivity contribution in [3.8, 4) is 11.5 Å². The molecule has 2 bridgehead atoms. The van der Waals surface area contributed by atoms with Gasteiger partial charge in [-0.05, 0) is 49.4 Å². The summed E-state index contributed by atoms with van der Waals surface area (Å²) < 4.78 is 17.0. The summed E-state index contributed by atoms with van der Waals surface area (Å²) in [6, 6.07) is 9.02. The number of carbonyl (C=O) groups is 2. The Kier molecular flexibility index (Phi) is 4.68. The number of amides is 2. The van der Waals surface area contributed by atoms with Crippen LogP contribution in [-0.2, 0) is 11.2 Å². The summed E-state index contributed by atoms with van der Waals surface area (Å²) in [5.74, 6) is 2.31. The molecule has 0 unspecified atom stereocenters. The Labute approximate surface area is 175 Å². The first-order chi connectivity index (χ1) is 14.6. The van der Waals surface area contributed by atoms with Crippen LogP contribution in [0, 0.1) is 17.8 Å². The summed E-state index contributed by atoms with van der Waals surface area (Å²) in [6.45, 7) is 0.561. The molecule has 1 aromatic carbocycles. The van der Waals surface area contributed by atoms with Crippen molar-refractivity contribution in [1.82, 2.24) is 10.6 Å². The summed E-state index contributed by atoms with van der Waals surface area (Å²) in [6.07, 6.45) is 5.62. The molecule has 1 aromatic heterocycles. The molecule has 3 saturated carbocycles. The minimum absolute atomic E-state index is 0.0433. The lowest BCUT2D eigenvalue weighted by atomic mass is 9.60. The van der Waals surface area contributed by atoms with Gasteiger partial charge >= 0.3 is 0 Å². The third-order valence-corrected chi connectivity index (χ3v) is 6.86. The van der Waals surface area contributed by atoms with Crippen LogP contribution >= 0.6 is 0 Å². The molecule has 0 saturated heterocycles. The lowest BCUT2D eigenvalue weighted by Gasteiger charge is -2.55. The van der Waals surface area contributed by atoms with Gasteiger partial charge in [0.25, 0.3) is 5.91 Å². The number of ether oxygens (including phenoxy) is 2. The second-order valence-corrected chi connectivity index (χ2v) is 8.51. The highest BCUT2D eigenvalue weighted by Gasteiger charge is 2.57. The predicted molar refractivity (Wildman–Crippen MR) is 108 cm³/mol. The van der Waals surface area contributed by atoms with Crippen LogP contribution in [0.4, 0.5) is 0 Å². The number of methoxy groups -OCH3 is 1. The molecule has 0 radical (unpaired) electrons. The number of fused-ring (bicyclic) bond motifs is 3. The predicted octanol–water partition coefficient (Wildman–Crippen LogP) is 2.90. The number of furan rings is 1. The lowest BCUT2D eigenvalue weighted by Crippen LogP contribution is -2.67. The monoisotopic (exact) mass is 410 g/mol. The van der Waals surface area contributed by atoms with Crippen LogP contribution in [-0.4, -0.2) is 31.2 Å². The molecule has 3 aliphatic carbocycles. The van der Waals surface area contributed by atoms with Gasteiger partial charge in [-0.25, -0.2) is 0 Å². The van der Waals surface area contributed by atoms with E-state index in [1.54, 1.807) is 31.6 Å². The van der Waals surface area contributed by atoms with Crippen LogP contribution in [0.2, 0.25) is 0 Å². The van der Waals surface area contributed by atoms with Gasteiger partial charge in [-0.15, -0.1) is 0 Å². The summed E-state index contributed by atoms with van der Waals surface area (Å²) >= 11 is 0. The number of carbonyl (C=O) groups excluding carboxylic acids is 2. The Bertz CT molecular complexity index is 957. The molecule has 30 heavy (non-hydrogen) atoms. The van der Waals surface area contributed by atoms with Gasteiger partial charge in [0, 0.05) is 37.3 Å². The van der Waals surface area contributed by atoms with Gasteiger partial charge in [-0.3, -0.25) is 9.59 Å². The quantitative estimate of drug-likeness (QED) is 0.791. The molecule has 4 aliphatic rings. The topological polar surface area (TPSA) is 89.8 Å². The highest BCUT2D eigenvalue weighted by molar-refractivity contribution is 5.98. The fourth-order valence-electron chi connectivity index (χ4n) is 5.33. The fourth-order valence-corrected chi connectivity index (χ4v) is 5.33. The van der Waals surface area contributed by atoms with Crippen molar-refractivity contribution in [2.24, 2.45) is 17.8 Å². The Morgan fingerprint density at radius 1 is 1.33 bits per heavy atom. The highest BCUT2D eigenvalue weighted by atomic mass is 16.5. The molecule has 6 rings (SSSR count). The number of hydrogen-bond donors (Lipinski definition) is 2. The summed E-state index contributed by atoms with van der Waals surface area (Å²) in [4.78, 5) is 25.6. The number of nitrogens with one attached hydrogen (secondary N) is 2. The molecule has 7 heteroatoms. The van der Waals surface area contributed by atoms with Crippen molar-refractivity contribution in [2.45, 2.75) is 37.8 Å². The first-order valence-electron chi connectivity index (χ1n) is 10.6. The number of rotatable bonds is 5. The Balaban J connectivity index is 1.28. The molecule has 2 heterocycles. The molecule has 2 amide bonds. The van der Waals surface area contributed by atoms with Gasteiger partial charge in [-0.1, -0.05) is 0 Å². The molecule has 2 aromatic rings. The summed E-state index contributed by atoms with van der Waals surface area (Å²) in [5, 5.41) is 6.19. The minimum atomic E-state index is -0.732. The zero-order valence-electron chi connectivity index (χ0n) is 17.0. The van der Waals surface area contributed by atoms with Crippen molar-refractivity contribution < 1.29 is 23.5 Å². The zero-order valence-corrected chi connectivity index (χ0v) is 17.0. The van der Waals surface area contributed by atoms with Crippen molar-refractivity contribution in [2.75, 3.05) is 13.7 Å². The Morgan fingerprint density at radius 2 is 2.23 bits per heavy atom. The lowest BCUT2D eigenvalue weighted by molar-refractivity contribution is -0.146.